The third-order valence-electron chi connectivity index (χ3n) is 4.30. The molecule has 0 aliphatic heterocycles. The number of nitrogens with one attached hydrogen (secondary N) is 2. The SMILES string of the molecule is O=C(/C=C/c1ccccc1Cl)Nc1ccc(S(=O)(=O)NCCc2ccccc2)cc1. The highest BCUT2D eigenvalue weighted by atomic mass is 35.5. The molecule has 0 fully saturated rings. The summed E-state index contributed by atoms with van der Waals surface area (Å²) in [6.07, 6.45) is 3.59. The van der Waals surface area contributed by atoms with E-state index in [9.17, 15) is 13.2 Å². The van der Waals surface area contributed by atoms with Gasteiger partial charge in [-0.05, 0) is 54.0 Å². The van der Waals surface area contributed by atoms with E-state index in [1.807, 2.05) is 42.5 Å². The molecule has 154 valence electrons. The average molecular weight is 441 g/mol. The fraction of sp³-hybridized carbons (Fsp3) is 0.0870. The summed E-state index contributed by atoms with van der Waals surface area (Å²) < 4.78 is 27.4. The van der Waals surface area contributed by atoms with Crippen molar-refractivity contribution in [1.82, 2.24) is 4.72 Å². The molecule has 0 radical (unpaired) electrons. The molecule has 3 rings (SSSR count). The zero-order valence-electron chi connectivity index (χ0n) is 16.1. The molecule has 0 aliphatic carbocycles. The molecule has 0 aliphatic rings. The molecule has 0 spiro atoms. The Balaban J connectivity index is 1.55. The molecule has 3 aromatic rings. The van der Waals surface area contributed by atoms with Crippen molar-refractivity contribution in [3.63, 3.8) is 0 Å². The molecular formula is C23H21ClN2O3S. The van der Waals surface area contributed by atoms with Gasteiger partial charge in [-0.1, -0.05) is 60.1 Å². The molecule has 3 aromatic carbocycles. The standard InChI is InChI=1S/C23H21ClN2O3S/c24-22-9-5-4-8-19(22)10-15-23(27)26-20-11-13-21(14-12-20)30(28,29)25-17-16-18-6-2-1-3-7-18/h1-15,25H,16-17H2,(H,26,27)/b15-10+. The maximum atomic E-state index is 12.4. The lowest BCUT2D eigenvalue weighted by Gasteiger charge is -2.08. The topological polar surface area (TPSA) is 75.3 Å². The normalized spacial score (nSPS) is 11.5. The number of hydrogen-bond acceptors (Lipinski definition) is 3. The van der Waals surface area contributed by atoms with Gasteiger partial charge in [-0.25, -0.2) is 13.1 Å². The third kappa shape index (κ3) is 6.29. The summed E-state index contributed by atoms with van der Waals surface area (Å²) in [5, 5.41) is 3.24. The van der Waals surface area contributed by atoms with Gasteiger partial charge in [0.1, 0.15) is 0 Å². The summed E-state index contributed by atoms with van der Waals surface area (Å²) in [6.45, 7) is 0.303. The quantitative estimate of drug-likeness (QED) is 0.506. The lowest BCUT2D eigenvalue weighted by Crippen LogP contribution is -2.26. The average Bonchev–Trinajstić information content (AvgIpc) is 2.74. The monoisotopic (exact) mass is 440 g/mol. The van der Waals surface area contributed by atoms with Crippen LogP contribution in [0.15, 0.2) is 89.8 Å². The van der Waals surface area contributed by atoms with Crippen LogP contribution < -0.4 is 10.0 Å². The first-order valence-electron chi connectivity index (χ1n) is 9.31. The van der Waals surface area contributed by atoms with Gasteiger partial charge in [-0.3, -0.25) is 4.79 Å². The van der Waals surface area contributed by atoms with E-state index in [0.29, 0.717) is 23.7 Å². The van der Waals surface area contributed by atoms with Gasteiger partial charge in [0, 0.05) is 23.3 Å². The summed E-state index contributed by atoms with van der Waals surface area (Å²) in [5.74, 6) is -0.341. The van der Waals surface area contributed by atoms with E-state index < -0.39 is 10.0 Å². The van der Waals surface area contributed by atoms with Crippen LogP contribution in [0.3, 0.4) is 0 Å². The second-order valence-corrected chi connectivity index (χ2v) is 8.68. The Labute approximate surface area is 181 Å². The summed E-state index contributed by atoms with van der Waals surface area (Å²) in [4.78, 5) is 12.2. The molecule has 0 aromatic heterocycles. The largest absolute Gasteiger partial charge is 0.323 e. The van der Waals surface area contributed by atoms with Gasteiger partial charge >= 0.3 is 0 Å². The Bertz CT molecular complexity index is 1130. The summed E-state index contributed by atoms with van der Waals surface area (Å²) in [6, 6.07) is 22.8. The number of halogens is 1. The second kappa shape index (κ2) is 10.2. The van der Waals surface area contributed by atoms with E-state index in [1.165, 1.54) is 18.2 Å². The number of carbonyl (C=O) groups excluding carboxylic acids is 1. The van der Waals surface area contributed by atoms with Gasteiger partial charge in [0.2, 0.25) is 15.9 Å². The zero-order chi connectivity index (χ0) is 21.4. The molecule has 5 nitrogen and oxygen atoms in total. The van der Waals surface area contributed by atoms with Crippen LogP contribution >= 0.6 is 11.6 Å². The van der Waals surface area contributed by atoms with E-state index in [-0.39, 0.29) is 10.8 Å². The zero-order valence-corrected chi connectivity index (χ0v) is 17.7. The molecule has 1 amide bonds. The van der Waals surface area contributed by atoms with Crippen LogP contribution in [0.2, 0.25) is 5.02 Å². The van der Waals surface area contributed by atoms with Crippen LogP contribution in [0.5, 0.6) is 0 Å². The van der Waals surface area contributed by atoms with Crippen molar-refractivity contribution in [2.75, 3.05) is 11.9 Å². The molecule has 0 unspecified atom stereocenters. The van der Waals surface area contributed by atoms with Crippen molar-refractivity contribution in [3.05, 3.63) is 101 Å². The minimum Gasteiger partial charge on any atom is -0.323 e. The summed E-state index contributed by atoms with van der Waals surface area (Å²) in [5.41, 5.74) is 2.28. The molecule has 2 N–H and O–H groups in total. The van der Waals surface area contributed by atoms with Gasteiger partial charge in [-0.15, -0.1) is 0 Å². The number of amides is 1. The lowest BCUT2D eigenvalue weighted by atomic mass is 10.2. The van der Waals surface area contributed by atoms with Crippen LogP contribution in [0.25, 0.3) is 6.08 Å². The maximum Gasteiger partial charge on any atom is 0.248 e. The van der Waals surface area contributed by atoms with Crippen LogP contribution in [-0.2, 0) is 21.2 Å². The second-order valence-electron chi connectivity index (χ2n) is 6.50. The minimum atomic E-state index is -3.62. The van der Waals surface area contributed by atoms with E-state index in [4.69, 9.17) is 11.6 Å². The number of rotatable bonds is 8. The van der Waals surface area contributed by atoms with Gasteiger partial charge < -0.3 is 5.32 Å². The third-order valence-corrected chi connectivity index (χ3v) is 6.12. The minimum absolute atomic E-state index is 0.139. The first-order valence-corrected chi connectivity index (χ1v) is 11.2. The Kier molecular flexibility index (Phi) is 7.41. The predicted molar refractivity (Wildman–Crippen MR) is 121 cm³/mol. The van der Waals surface area contributed by atoms with Gasteiger partial charge in [0.05, 0.1) is 4.90 Å². The molecule has 0 bridgehead atoms. The molecule has 0 saturated carbocycles. The first kappa shape index (κ1) is 21.8. The van der Waals surface area contributed by atoms with Crippen LogP contribution in [0, 0.1) is 0 Å². The van der Waals surface area contributed by atoms with Crippen LogP contribution in [0.1, 0.15) is 11.1 Å². The summed E-state index contributed by atoms with van der Waals surface area (Å²) in [7, 11) is -3.62. The van der Waals surface area contributed by atoms with Gasteiger partial charge in [0.25, 0.3) is 0 Å². The number of benzene rings is 3. The van der Waals surface area contributed by atoms with Crippen LogP contribution in [-0.4, -0.2) is 20.9 Å². The van der Waals surface area contributed by atoms with Crippen molar-refractivity contribution in [2.45, 2.75) is 11.3 Å². The fourth-order valence-corrected chi connectivity index (χ4v) is 3.97. The van der Waals surface area contributed by atoms with Crippen molar-refractivity contribution in [3.8, 4) is 0 Å². The Morgan fingerprint density at radius 3 is 2.27 bits per heavy atom. The fourth-order valence-electron chi connectivity index (χ4n) is 2.73. The number of carbonyl (C=O) groups is 1. The highest BCUT2D eigenvalue weighted by Crippen LogP contribution is 2.17. The van der Waals surface area contributed by atoms with E-state index in [2.05, 4.69) is 10.0 Å². The van der Waals surface area contributed by atoms with Crippen molar-refractivity contribution in [1.29, 1.82) is 0 Å². The highest BCUT2D eigenvalue weighted by Gasteiger charge is 2.13. The first-order chi connectivity index (χ1) is 14.4. The van der Waals surface area contributed by atoms with E-state index in [1.54, 1.807) is 30.3 Å². The summed E-state index contributed by atoms with van der Waals surface area (Å²) >= 11 is 6.05. The number of sulfonamides is 1. The highest BCUT2D eigenvalue weighted by molar-refractivity contribution is 7.89. The number of anilines is 1. The number of hydrogen-bond donors (Lipinski definition) is 2. The van der Waals surface area contributed by atoms with E-state index >= 15 is 0 Å². The molecule has 7 heteroatoms. The molecular weight excluding hydrogens is 420 g/mol. The predicted octanol–water partition coefficient (Wildman–Crippen LogP) is 4.51. The van der Waals surface area contributed by atoms with Crippen molar-refractivity contribution < 1.29 is 13.2 Å². The van der Waals surface area contributed by atoms with E-state index in [0.717, 1.165) is 11.1 Å². The molecule has 0 saturated heterocycles. The molecule has 30 heavy (non-hydrogen) atoms. The maximum absolute atomic E-state index is 12.4. The Morgan fingerprint density at radius 1 is 0.900 bits per heavy atom. The Morgan fingerprint density at radius 2 is 1.57 bits per heavy atom. The van der Waals surface area contributed by atoms with Crippen molar-refractivity contribution >= 4 is 39.3 Å². The van der Waals surface area contributed by atoms with Crippen molar-refractivity contribution in [2.24, 2.45) is 0 Å². The molecule has 0 atom stereocenters. The lowest BCUT2D eigenvalue weighted by molar-refractivity contribution is -0.111. The smallest absolute Gasteiger partial charge is 0.248 e. The van der Waals surface area contributed by atoms with Crippen LogP contribution in [0.4, 0.5) is 5.69 Å². The Hall–Kier alpha value is -2.93. The molecule has 0 heterocycles. The van der Waals surface area contributed by atoms with Gasteiger partial charge in [-0.2, -0.15) is 0 Å². The van der Waals surface area contributed by atoms with Gasteiger partial charge in [0.15, 0.2) is 0 Å².